The van der Waals surface area contributed by atoms with Crippen molar-refractivity contribution < 1.29 is 17.9 Å². The minimum atomic E-state index is -3.68. The highest BCUT2D eigenvalue weighted by Crippen LogP contribution is 2.25. The van der Waals surface area contributed by atoms with Gasteiger partial charge in [0.1, 0.15) is 10.6 Å². The van der Waals surface area contributed by atoms with Crippen LogP contribution in [-0.2, 0) is 21.4 Å². The Kier molecular flexibility index (Phi) is 7.99. The summed E-state index contributed by atoms with van der Waals surface area (Å²) in [5.41, 5.74) is 1.65. The molecular formula is C22H28N2O4S. The summed E-state index contributed by atoms with van der Waals surface area (Å²) in [4.78, 5) is 14.7. The van der Waals surface area contributed by atoms with E-state index in [1.54, 1.807) is 23.1 Å². The summed E-state index contributed by atoms with van der Waals surface area (Å²) in [6.45, 7) is 4.57. The van der Waals surface area contributed by atoms with Gasteiger partial charge in [-0.3, -0.25) is 4.79 Å². The van der Waals surface area contributed by atoms with Gasteiger partial charge in [0.25, 0.3) is 0 Å². The van der Waals surface area contributed by atoms with Gasteiger partial charge in [-0.15, -0.1) is 0 Å². The lowest BCUT2D eigenvalue weighted by molar-refractivity contribution is -0.128. The first kappa shape index (κ1) is 22.6. The van der Waals surface area contributed by atoms with Crippen molar-refractivity contribution in [3.05, 3.63) is 65.7 Å². The Morgan fingerprint density at radius 3 is 2.48 bits per heavy atom. The lowest BCUT2D eigenvalue weighted by Gasteiger charge is -2.27. The predicted molar refractivity (Wildman–Crippen MR) is 115 cm³/mol. The maximum absolute atomic E-state index is 12.9. The molecule has 1 unspecified atom stereocenters. The molecular weight excluding hydrogens is 388 g/mol. The highest BCUT2D eigenvalue weighted by atomic mass is 32.2. The molecule has 0 saturated heterocycles. The van der Waals surface area contributed by atoms with Crippen LogP contribution in [0.25, 0.3) is 6.08 Å². The Bertz CT molecular complexity index is 956. The number of carbonyl (C=O) groups excluding carboxylic acids is 1. The molecule has 1 amide bonds. The van der Waals surface area contributed by atoms with E-state index in [1.807, 2.05) is 44.2 Å². The topological polar surface area (TPSA) is 75.7 Å². The van der Waals surface area contributed by atoms with Crippen molar-refractivity contribution in [3.63, 3.8) is 0 Å². The van der Waals surface area contributed by atoms with Crippen molar-refractivity contribution in [2.45, 2.75) is 37.8 Å². The van der Waals surface area contributed by atoms with Crippen molar-refractivity contribution in [1.82, 2.24) is 9.62 Å². The number of rotatable bonds is 9. The van der Waals surface area contributed by atoms with Gasteiger partial charge in [-0.25, -0.2) is 13.1 Å². The molecule has 0 aliphatic rings. The van der Waals surface area contributed by atoms with E-state index in [4.69, 9.17) is 4.74 Å². The third-order valence-electron chi connectivity index (χ3n) is 4.77. The van der Waals surface area contributed by atoms with Gasteiger partial charge in [-0.2, -0.15) is 0 Å². The molecule has 0 aliphatic heterocycles. The smallest absolute Gasteiger partial charge is 0.247 e. The zero-order valence-electron chi connectivity index (χ0n) is 17.3. The fourth-order valence-corrected chi connectivity index (χ4v) is 3.76. The van der Waals surface area contributed by atoms with E-state index in [2.05, 4.69) is 4.72 Å². The van der Waals surface area contributed by atoms with Crippen molar-refractivity contribution in [1.29, 1.82) is 0 Å². The van der Waals surface area contributed by atoms with E-state index >= 15 is 0 Å². The Balaban J connectivity index is 2.28. The molecule has 0 aliphatic carbocycles. The third-order valence-corrected chi connectivity index (χ3v) is 6.20. The van der Waals surface area contributed by atoms with Gasteiger partial charge in [0.2, 0.25) is 15.9 Å². The van der Waals surface area contributed by atoms with Crippen LogP contribution in [0.15, 0.2) is 59.5 Å². The van der Waals surface area contributed by atoms with Crippen molar-refractivity contribution in [2.75, 3.05) is 14.2 Å². The number of ether oxygens (including phenoxy) is 1. The van der Waals surface area contributed by atoms with Crippen LogP contribution in [0.4, 0.5) is 0 Å². The number of nitrogens with zero attached hydrogens (tertiary/aromatic N) is 1. The summed E-state index contributed by atoms with van der Waals surface area (Å²) < 4.78 is 31.9. The fourth-order valence-electron chi connectivity index (χ4n) is 2.83. The van der Waals surface area contributed by atoms with Crippen LogP contribution in [0.2, 0.25) is 0 Å². The molecule has 1 atom stereocenters. The molecule has 0 heterocycles. The molecule has 156 valence electrons. The number of hydrogen-bond donors (Lipinski definition) is 1. The van der Waals surface area contributed by atoms with E-state index in [1.165, 1.54) is 26.3 Å². The molecule has 0 saturated carbocycles. The first-order valence-corrected chi connectivity index (χ1v) is 10.9. The van der Waals surface area contributed by atoms with Gasteiger partial charge >= 0.3 is 0 Å². The Labute approximate surface area is 173 Å². The van der Waals surface area contributed by atoms with Gasteiger partial charge in [0, 0.05) is 18.7 Å². The molecule has 0 radical (unpaired) electrons. The van der Waals surface area contributed by atoms with E-state index in [9.17, 15) is 13.2 Å². The molecule has 29 heavy (non-hydrogen) atoms. The Hall–Kier alpha value is -2.64. The monoisotopic (exact) mass is 416 g/mol. The summed E-state index contributed by atoms with van der Waals surface area (Å²) >= 11 is 0. The standard InChI is InChI=1S/C22H28N2O4S/c1-5-17(2)24(16-19-9-7-6-8-10-19)22(25)14-12-18-11-13-20(28-4)21(15-18)29(26,27)23-3/h6-15,17,23H,5,16H2,1-4H3/b14-12+. The molecule has 0 fully saturated rings. The molecule has 2 rings (SSSR count). The number of methoxy groups -OCH3 is 1. The molecule has 2 aromatic rings. The SMILES string of the molecule is CCC(C)N(Cc1ccccc1)C(=O)/C=C/c1ccc(OC)c(S(=O)(=O)NC)c1. The molecule has 0 spiro atoms. The van der Waals surface area contributed by atoms with Crippen LogP contribution in [-0.4, -0.2) is 39.4 Å². The number of hydrogen-bond acceptors (Lipinski definition) is 4. The van der Waals surface area contributed by atoms with Crippen LogP contribution in [0, 0.1) is 0 Å². The highest BCUT2D eigenvalue weighted by molar-refractivity contribution is 7.89. The fraction of sp³-hybridized carbons (Fsp3) is 0.318. The van der Waals surface area contributed by atoms with Crippen molar-refractivity contribution >= 4 is 22.0 Å². The lowest BCUT2D eigenvalue weighted by atomic mass is 10.1. The zero-order valence-corrected chi connectivity index (χ0v) is 18.1. The summed E-state index contributed by atoms with van der Waals surface area (Å²) in [6, 6.07) is 14.7. The van der Waals surface area contributed by atoms with Crippen LogP contribution >= 0.6 is 0 Å². The van der Waals surface area contributed by atoms with Gasteiger partial charge in [0.05, 0.1) is 7.11 Å². The molecule has 0 bridgehead atoms. The minimum Gasteiger partial charge on any atom is -0.495 e. The average molecular weight is 417 g/mol. The molecule has 2 aromatic carbocycles. The Morgan fingerprint density at radius 2 is 1.90 bits per heavy atom. The normalized spacial score (nSPS) is 12.7. The number of amides is 1. The summed E-state index contributed by atoms with van der Waals surface area (Å²) in [5.74, 6) is 0.116. The summed E-state index contributed by atoms with van der Waals surface area (Å²) in [7, 11) is -0.926. The van der Waals surface area contributed by atoms with Crippen LogP contribution < -0.4 is 9.46 Å². The maximum atomic E-state index is 12.9. The molecule has 6 nitrogen and oxygen atoms in total. The number of benzene rings is 2. The van der Waals surface area contributed by atoms with E-state index in [0.717, 1.165) is 12.0 Å². The lowest BCUT2D eigenvalue weighted by Crippen LogP contribution is -2.36. The molecule has 7 heteroatoms. The number of sulfonamides is 1. The van der Waals surface area contributed by atoms with E-state index < -0.39 is 10.0 Å². The Morgan fingerprint density at radius 1 is 1.21 bits per heavy atom. The van der Waals surface area contributed by atoms with Crippen LogP contribution in [0.3, 0.4) is 0 Å². The second-order valence-corrected chi connectivity index (χ2v) is 8.52. The van der Waals surface area contributed by atoms with Crippen molar-refractivity contribution in [2.24, 2.45) is 0 Å². The van der Waals surface area contributed by atoms with Gasteiger partial charge < -0.3 is 9.64 Å². The third kappa shape index (κ3) is 5.92. The maximum Gasteiger partial charge on any atom is 0.247 e. The summed E-state index contributed by atoms with van der Waals surface area (Å²) in [5, 5.41) is 0. The largest absolute Gasteiger partial charge is 0.495 e. The minimum absolute atomic E-state index is 0.0279. The van der Waals surface area contributed by atoms with E-state index in [0.29, 0.717) is 12.1 Å². The van der Waals surface area contributed by atoms with Crippen LogP contribution in [0.1, 0.15) is 31.4 Å². The highest BCUT2D eigenvalue weighted by Gasteiger charge is 2.19. The van der Waals surface area contributed by atoms with Gasteiger partial charge in [-0.1, -0.05) is 43.3 Å². The average Bonchev–Trinajstić information content (AvgIpc) is 2.75. The quantitative estimate of drug-likeness (QED) is 0.636. The molecule has 1 N–H and O–H groups in total. The molecule has 0 aromatic heterocycles. The van der Waals surface area contributed by atoms with Crippen molar-refractivity contribution in [3.8, 4) is 5.75 Å². The summed E-state index contributed by atoms with van der Waals surface area (Å²) in [6.07, 6.45) is 3.93. The second kappa shape index (κ2) is 10.2. The van der Waals surface area contributed by atoms with Gasteiger partial charge in [0.15, 0.2) is 0 Å². The van der Waals surface area contributed by atoms with Crippen LogP contribution in [0.5, 0.6) is 5.75 Å². The zero-order chi connectivity index (χ0) is 21.4. The first-order valence-electron chi connectivity index (χ1n) is 9.46. The second-order valence-electron chi connectivity index (χ2n) is 6.66. The predicted octanol–water partition coefficient (Wildman–Crippen LogP) is 3.44. The van der Waals surface area contributed by atoms with E-state index in [-0.39, 0.29) is 22.6 Å². The number of nitrogens with one attached hydrogen (secondary N) is 1. The first-order chi connectivity index (χ1) is 13.8. The van der Waals surface area contributed by atoms with Gasteiger partial charge in [-0.05, 0) is 49.7 Å². The number of carbonyl (C=O) groups is 1.